The van der Waals surface area contributed by atoms with Crippen molar-refractivity contribution in [2.45, 2.75) is 33.3 Å². The Morgan fingerprint density at radius 2 is 2.05 bits per heavy atom. The van der Waals surface area contributed by atoms with Gasteiger partial charge in [-0.3, -0.25) is 4.79 Å². The number of hydrogen-bond donors (Lipinski definition) is 1. The molecule has 1 amide bonds. The Morgan fingerprint density at radius 1 is 1.35 bits per heavy atom. The summed E-state index contributed by atoms with van der Waals surface area (Å²) in [5.74, 6) is 1.11. The lowest BCUT2D eigenvalue weighted by Crippen LogP contribution is -2.29. The number of hydrogen-bond acceptors (Lipinski definition) is 3. The molecule has 4 nitrogen and oxygen atoms in total. The van der Waals surface area contributed by atoms with Crippen LogP contribution in [0.4, 0.5) is 0 Å². The van der Waals surface area contributed by atoms with Crippen LogP contribution in [0.15, 0.2) is 24.3 Å². The van der Waals surface area contributed by atoms with E-state index in [2.05, 4.69) is 13.8 Å². The maximum Gasteiger partial charge on any atom is 0.253 e. The summed E-state index contributed by atoms with van der Waals surface area (Å²) in [4.78, 5) is 13.9. The summed E-state index contributed by atoms with van der Waals surface area (Å²) in [6.07, 6.45) is 0.178. The number of ether oxygens (including phenoxy) is 1. The largest absolute Gasteiger partial charge is 0.493 e. The van der Waals surface area contributed by atoms with Crippen LogP contribution >= 0.6 is 0 Å². The minimum absolute atomic E-state index is 0.0550. The second-order valence-electron chi connectivity index (χ2n) is 5.60. The molecule has 0 radical (unpaired) electrons. The van der Waals surface area contributed by atoms with E-state index in [1.807, 2.05) is 12.1 Å². The van der Waals surface area contributed by atoms with Crippen molar-refractivity contribution in [2.75, 3.05) is 20.2 Å². The van der Waals surface area contributed by atoms with Gasteiger partial charge in [0.2, 0.25) is 0 Å². The van der Waals surface area contributed by atoms with Crippen molar-refractivity contribution in [3.05, 3.63) is 29.8 Å². The zero-order valence-corrected chi connectivity index (χ0v) is 12.8. The molecule has 4 heteroatoms. The molecule has 1 atom stereocenters. The van der Waals surface area contributed by atoms with E-state index in [1.165, 1.54) is 0 Å². The Balaban J connectivity index is 2.65. The molecule has 0 saturated heterocycles. The molecule has 0 aliphatic heterocycles. The summed E-state index contributed by atoms with van der Waals surface area (Å²) >= 11 is 0. The van der Waals surface area contributed by atoms with Crippen LogP contribution in [-0.4, -0.2) is 42.2 Å². The van der Waals surface area contributed by atoms with E-state index < -0.39 is 6.10 Å². The first-order valence-corrected chi connectivity index (χ1v) is 7.06. The standard InChI is InChI=1S/C16H25NO3/c1-12(2)11-20-15-7-5-6-14(10-15)16(19)17(4)9-8-13(3)18/h5-7,10,12-13,18H,8-9,11H2,1-4H3. The molecule has 0 aliphatic carbocycles. The number of aliphatic hydroxyl groups is 1. The normalized spacial score (nSPS) is 12.3. The zero-order valence-electron chi connectivity index (χ0n) is 12.8. The number of carbonyl (C=O) groups excluding carboxylic acids is 1. The number of benzene rings is 1. The first-order valence-electron chi connectivity index (χ1n) is 7.06. The Bertz CT molecular complexity index is 429. The highest BCUT2D eigenvalue weighted by Gasteiger charge is 2.13. The third kappa shape index (κ3) is 5.61. The average Bonchev–Trinajstić information content (AvgIpc) is 2.42. The molecule has 1 N–H and O–H groups in total. The smallest absolute Gasteiger partial charge is 0.253 e. The van der Waals surface area contributed by atoms with Crippen molar-refractivity contribution >= 4 is 5.91 Å². The topological polar surface area (TPSA) is 49.8 Å². The first-order chi connectivity index (χ1) is 9.40. The Labute approximate surface area is 121 Å². The summed E-state index contributed by atoms with van der Waals surface area (Å²) < 4.78 is 5.63. The highest BCUT2D eigenvalue weighted by atomic mass is 16.5. The fraction of sp³-hybridized carbons (Fsp3) is 0.562. The van der Waals surface area contributed by atoms with Crippen LogP contribution in [0.25, 0.3) is 0 Å². The summed E-state index contributed by atoms with van der Waals surface area (Å²) in [6.45, 7) is 7.06. The van der Waals surface area contributed by atoms with Crippen LogP contribution in [0.2, 0.25) is 0 Å². The third-order valence-corrected chi connectivity index (χ3v) is 2.89. The van der Waals surface area contributed by atoms with Crippen molar-refractivity contribution in [3.63, 3.8) is 0 Å². The lowest BCUT2D eigenvalue weighted by molar-refractivity contribution is 0.0768. The van der Waals surface area contributed by atoms with Gasteiger partial charge >= 0.3 is 0 Å². The van der Waals surface area contributed by atoms with Gasteiger partial charge in [0.1, 0.15) is 5.75 Å². The first kappa shape index (κ1) is 16.5. The van der Waals surface area contributed by atoms with Gasteiger partial charge in [-0.25, -0.2) is 0 Å². The summed E-state index contributed by atoms with van der Waals surface area (Å²) in [6, 6.07) is 7.23. The summed E-state index contributed by atoms with van der Waals surface area (Å²) in [5, 5.41) is 9.26. The number of aliphatic hydroxyl groups excluding tert-OH is 1. The Kier molecular flexibility index (Phi) is 6.52. The van der Waals surface area contributed by atoms with Crippen LogP contribution < -0.4 is 4.74 Å². The molecule has 0 saturated carbocycles. The quantitative estimate of drug-likeness (QED) is 0.834. The van der Waals surface area contributed by atoms with E-state index in [4.69, 9.17) is 4.74 Å². The fourth-order valence-electron chi connectivity index (χ4n) is 1.68. The van der Waals surface area contributed by atoms with Crippen molar-refractivity contribution < 1.29 is 14.6 Å². The zero-order chi connectivity index (χ0) is 15.1. The van der Waals surface area contributed by atoms with Gasteiger partial charge in [0.25, 0.3) is 5.91 Å². The van der Waals surface area contributed by atoms with E-state index in [9.17, 15) is 9.90 Å². The van der Waals surface area contributed by atoms with E-state index in [1.54, 1.807) is 31.0 Å². The van der Waals surface area contributed by atoms with Crippen molar-refractivity contribution in [1.29, 1.82) is 0 Å². The van der Waals surface area contributed by atoms with Gasteiger partial charge in [0.15, 0.2) is 0 Å². The molecular formula is C16H25NO3. The van der Waals surface area contributed by atoms with E-state index in [0.717, 1.165) is 0 Å². The van der Waals surface area contributed by atoms with Crippen molar-refractivity contribution in [3.8, 4) is 5.75 Å². The monoisotopic (exact) mass is 279 g/mol. The van der Waals surface area contributed by atoms with Crippen molar-refractivity contribution in [1.82, 2.24) is 4.90 Å². The molecule has 20 heavy (non-hydrogen) atoms. The van der Waals surface area contributed by atoms with Gasteiger partial charge in [0, 0.05) is 19.2 Å². The minimum atomic E-state index is -0.397. The van der Waals surface area contributed by atoms with Gasteiger partial charge in [-0.15, -0.1) is 0 Å². The van der Waals surface area contributed by atoms with Gasteiger partial charge in [0.05, 0.1) is 12.7 Å². The van der Waals surface area contributed by atoms with E-state index in [-0.39, 0.29) is 5.91 Å². The van der Waals surface area contributed by atoms with Crippen LogP contribution in [-0.2, 0) is 0 Å². The average molecular weight is 279 g/mol. The molecule has 1 unspecified atom stereocenters. The number of nitrogens with zero attached hydrogens (tertiary/aromatic N) is 1. The SMILES string of the molecule is CC(C)COc1cccc(C(=O)N(C)CCC(C)O)c1. The highest BCUT2D eigenvalue weighted by Crippen LogP contribution is 2.15. The maximum atomic E-state index is 12.2. The minimum Gasteiger partial charge on any atom is -0.493 e. The Morgan fingerprint density at radius 3 is 2.65 bits per heavy atom. The summed E-state index contributed by atoms with van der Waals surface area (Å²) in [5.41, 5.74) is 0.611. The molecular weight excluding hydrogens is 254 g/mol. The molecule has 0 fully saturated rings. The van der Waals surface area contributed by atoms with Crippen LogP contribution in [0.1, 0.15) is 37.6 Å². The van der Waals surface area contributed by atoms with Gasteiger partial charge in [-0.1, -0.05) is 19.9 Å². The van der Waals surface area contributed by atoms with Crippen LogP contribution in [0.3, 0.4) is 0 Å². The number of carbonyl (C=O) groups is 1. The lowest BCUT2D eigenvalue weighted by atomic mass is 10.1. The molecule has 112 valence electrons. The van der Waals surface area contributed by atoms with Crippen molar-refractivity contribution in [2.24, 2.45) is 5.92 Å². The van der Waals surface area contributed by atoms with Gasteiger partial charge in [-0.2, -0.15) is 0 Å². The molecule has 1 aromatic rings. The van der Waals surface area contributed by atoms with Crippen LogP contribution in [0, 0.1) is 5.92 Å². The number of rotatable bonds is 7. The molecule has 0 bridgehead atoms. The van der Waals surface area contributed by atoms with Gasteiger partial charge in [-0.05, 0) is 37.5 Å². The van der Waals surface area contributed by atoms with Crippen LogP contribution in [0.5, 0.6) is 5.75 Å². The predicted molar refractivity (Wildman–Crippen MR) is 80.0 cm³/mol. The number of amides is 1. The second kappa shape index (κ2) is 7.90. The summed E-state index contributed by atoms with van der Waals surface area (Å²) in [7, 11) is 1.74. The van der Waals surface area contributed by atoms with Gasteiger partial charge < -0.3 is 14.7 Å². The molecule has 0 heterocycles. The highest BCUT2D eigenvalue weighted by molar-refractivity contribution is 5.94. The third-order valence-electron chi connectivity index (χ3n) is 2.89. The molecule has 1 aromatic carbocycles. The van der Waals surface area contributed by atoms with E-state index >= 15 is 0 Å². The lowest BCUT2D eigenvalue weighted by Gasteiger charge is -2.18. The molecule has 0 spiro atoms. The molecule has 1 rings (SSSR count). The predicted octanol–water partition coefficient (Wildman–Crippen LogP) is 2.56. The maximum absolute atomic E-state index is 12.2. The molecule has 0 aliphatic rings. The second-order valence-corrected chi connectivity index (χ2v) is 5.60. The van der Waals surface area contributed by atoms with E-state index in [0.29, 0.717) is 36.8 Å². The Hall–Kier alpha value is -1.55. The fourth-order valence-corrected chi connectivity index (χ4v) is 1.68. The molecule has 0 aromatic heterocycles.